The first-order valence-corrected chi connectivity index (χ1v) is 3.61. The lowest BCUT2D eigenvalue weighted by Gasteiger charge is -2.02. The second-order valence-electron chi connectivity index (χ2n) is 2.50. The SMILES string of the molecule is Oc1ccc(-n2cnnc2)c(F)c1. The molecule has 4 nitrogen and oxygen atoms in total. The van der Waals surface area contributed by atoms with Crippen LogP contribution in [0.3, 0.4) is 0 Å². The van der Waals surface area contributed by atoms with Crippen LogP contribution in [0.25, 0.3) is 5.69 Å². The predicted molar refractivity (Wildman–Crippen MR) is 43.0 cm³/mol. The summed E-state index contributed by atoms with van der Waals surface area (Å²) in [6, 6.07) is 3.89. The van der Waals surface area contributed by atoms with E-state index in [1.54, 1.807) is 0 Å². The molecule has 0 aliphatic carbocycles. The highest BCUT2D eigenvalue weighted by Crippen LogP contribution is 2.17. The van der Waals surface area contributed by atoms with E-state index in [4.69, 9.17) is 5.11 Å². The van der Waals surface area contributed by atoms with Gasteiger partial charge < -0.3 is 5.11 Å². The topological polar surface area (TPSA) is 50.9 Å². The molecular weight excluding hydrogens is 173 g/mol. The Morgan fingerprint density at radius 1 is 1.23 bits per heavy atom. The van der Waals surface area contributed by atoms with Gasteiger partial charge in [0.1, 0.15) is 18.4 Å². The molecule has 0 spiro atoms. The molecule has 0 saturated heterocycles. The summed E-state index contributed by atoms with van der Waals surface area (Å²) in [6.45, 7) is 0. The summed E-state index contributed by atoms with van der Waals surface area (Å²) < 4.78 is 14.6. The van der Waals surface area contributed by atoms with Gasteiger partial charge in [-0.15, -0.1) is 10.2 Å². The van der Waals surface area contributed by atoms with Crippen LogP contribution < -0.4 is 0 Å². The fourth-order valence-electron chi connectivity index (χ4n) is 1.03. The number of aromatic hydroxyl groups is 1. The number of phenols is 1. The number of hydrogen-bond donors (Lipinski definition) is 1. The number of rotatable bonds is 1. The summed E-state index contributed by atoms with van der Waals surface area (Å²) in [4.78, 5) is 0. The number of hydrogen-bond acceptors (Lipinski definition) is 3. The van der Waals surface area contributed by atoms with E-state index in [1.165, 1.54) is 29.4 Å². The molecule has 2 rings (SSSR count). The minimum absolute atomic E-state index is 0.102. The molecule has 0 amide bonds. The van der Waals surface area contributed by atoms with E-state index in [0.29, 0.717) is 5.69 Å². The van der Waals surface area contributed by atoms with Gasteiger partial charge in [-0.3, -0.25) is 4.57 Å². The van der Waals surface area contributed by atoms with Crippen LogP contribution in [0.2, 0.25) is 0 Å². The van der Waals surface area contributed by atoms with Crippen molar-refractivity contribution in [3.8, 4) is 11.4 Å². The molecule has 13 heavy (non-hydrogen) atoms. The first-order valence-electron chi connectivity index (χ1n) is 3.61. The summed E-state index contributed by atoms with van der Waals surface area (Å²) >= 11 is 0. The fraction of sp³-hybridized carbons (Fsp3) is 0. The Hall–Kier alpha value is -1.91. The quantitative estimate of drug-likeness (QED) is 0.713. The van der Waals surface area contributed by atoms with Gasteiger partial charge in [-0.05, 0) is 12.1 Å². The molecule has 0 unspecified atom stereocenters. The maximum atomic E-state index is 13.2. The zero-order valence-corrected chi connectivity index (χ0v) is 6.55. The molecule has 0 radical (unpaired) electrons. The molecule has 0 aliphatic rings. The normalized spacial score (nSPS) is 10.2. The Balaban J connectivity index is 2.53. The predicted octanol–water partition coefficient (Wildman–Crippen LogP) is 1.11. The Bertz CT molecular complexity index is 413. The van der Waals surface area contributed by atoms with Crippen molar-refractivity contribution in [1.82, 2.24) is 14.8 Å². The average molecular weight is 179 g/mol. The molecule has 1 heterocycles. The minimum atomic E-state index is -0.514. The molecule has 1 aromatic carbocycles. The van der Waals surface area contributed by atoms with E-state index in [-0.39, 0.29) is 5.75 Å². The van der Waals surface area contributed by atoms with Gasteiger partial charge in [0.25, 0.3) is 0 Å². The molecule has 2 aromatic rings. The van der Waals surface area contributed by atoms with Crippen molar-refractivity contribution >= 4 is 0 Å². The molecule has 5 heteroatoms. The summed E-state index contributed by atoms with van der Waals surface area (Å²) in [7, 11) is 0. The van der Waals surface area contributed by atoms with E-state index in [1.807, 2.05) is 0 Å². The van der Waals surface area contributed by atoms with Gasteiger partial charge in [-0.1, -0.05) is 0 Å². The van der Waals surface area contributed by atoms with E-state index < -0.39 is 5.82 Å². The third-order valence-corrected chi connectivity index (χ3v) is 1.63. The Labute approximate surface area is 73.3 Å². The maximum Gasteiger partial charge on any atom is 0.150 e. The monoisotopic (exact) mass is 179 g/mol. The van der Waals surface area contributed by atoms with Gasteiger partial charge in [0.15, 0.2) is 5.82 Å². The lowest BCUT2D eigenvalue weighted by atomic mass is 10.3. The molecule has 0 aliphatic heterocycles. The van der Waals surface area contributed by atoms with Crippen LogP contribution >= 0.6 is 0 Å². The van der Waals surface area contributed by atoms with Gasteiger partial charge in [0.05, 0.1) is 5.69 Å². The summed E-state index contributed by atoms with van der Waals surface area (Å²) in [5, 5.41) is 16.0. The largest absolute Gasteiger partial charge is 0.508 e. The second kappa shape index (κ2) is 2.85. The van der Waals surface area contributed by atoms with Gasteiger partial charge in [0.2, 0.25) is 0 Å². The number of aromatic nitrogens is 3. The van der Waals surface area contributed by atoms with E-state index in [2.05, 4.69) is 10.2 Å². The second-order valence-corrected chi connectivity index (χ2v) is 2.50. The fourth-order valence-corrected chi connectivity index (χ4v) is 1.03. The van der Waals surface area contributed by atoms with Crippen LogP contribution in [0, 0.1) is 5.82 Å². The average Bonchev–Trinajstić information content (AvgIpc) is 2.56. The van der Waals surface area contributed by atoms with E-state index in [0.717, 1.165) is 6.07 Å². The maximum absolute atomic E-state index is 13.2. The molecular formula is C8H6FN3O. The van der Waals surface area contributed by atoms with Crippen LogP contribution in [-0.2, 0) is 0 Å². The first-order chi connectivity index (χ1) is 6.27. The highest BCUT2D eigenvalue weighted by atomic mass is 19.1. The number of phenolic OH excluding ortho intramolecular Hbond substituents is 1. The van der Waals surface area contributed by atoms with Crippen molar-refractivity contribution < 1.29 is 9.50 Å². The standard InChI is InChI=1S/C8H6FN3O/c9-7-3-6(13)1-2-8(7)12-4-10-11-5-12/h1-5,13H. The van der Waals surface area contributed by atoms with Gasteiger partial charge in [-0.2, -0.15) is 0 Å². The van der Waals surface area contributed by atoms with Gasteiger partial charge in [-0.25, -0.2) is 4.39 Å². The van der Waals surface area contributed by atoms with Crippen LogP contribution in [0.4, 0.5) is 4.39 Å². The first kappa shape index (κ1) is 7.72. The van der Waals surface area contributed by atoms with Crippen molar-refractivity contribution in [2.24, 2.45) is 0 Å². The number of benzene rings is 1. The third-order valence-electron chi connectivity index (χ3n) is 1.63. The Kier molecular flexibility index (Phi) is 1.70. The van der Waals surface area contributed by atoms with Crippen LogP contribution in [0.15, 0.2) is 30.9 Å². The number of halogens is 1. The minimum Gasteiger partial charge on any atom is -0.508 e. The molecule has 0 bridgehead atoms. The van der Waals surface area contributed by atoms with Crippen molar-refractivity contribution in [2.75, 3.05) is 0 Å². The zero-order chi connectivity index (χ0) is 9.26. The molecule has 0 atom stereocenters. The number of nitrogens with zero attached hydrogens (tertiary/aromatic N) is 3. The van der Waals surface area contributed by atoms with Crippen LogP contribution in [0.5, 0.6) is 5.75 Å². The van der Waals surface area contributed by atoms with Gasteiger partial charge >= 0.3 is 0 Å². The highest BCUT2D eigenvalue weighted by Gasteiger charge is 2.04. The lowest BCUT2D eigenvalue weighted by molar-refractivity contribution is 0.468. The summed E-state index contributed by atoms with van der Waals surface area (Å²) in [6.07, 6.45) is 2.77. The molecule has 0 saturated carbocycles. The van der Waals surface area contributed by atoms with Crippen molar-refractivity contribution in [3.63, 3.8) is 0 Å². The summed E-state index contributed by atoms with van der Waals surface area (Å²) in [5.41, 5.74) is 0.308. The molecule has 1 N–H and O–H groups in total. The molecule has 66 valence electrons. The van der Waals surface area contributed by atoms with Crippen molar-refractivity contribution in [3.05, 3.63) is 36.7 Å². The Morgan fingerprint density at radius 2 is 1.92 bits per heavy atom. The highest BCUT2D eigenvalue weighted by molar-refractivity contribution is 5.37. The smallest absolute Gasteiger partial charge is 0.150 e. The van der Waals surface area contributed by atoms with Crippen LogP contribution in [0.1, 0.15) is 0 Å². The Morgan fingerprint density at radius 3 is 2.54 bits per heavy atom. The van der Waals surface area contributed by atoms with E-state index in [9.17, 15) is 4.39 Å². The molecule has 0 fully saturated rings. The summed E-state index contributed by atoms with van der Waals surface area (Å²) in [5.74, 6) is -0.617. The van der Waals surface area contributed by atoms with Crippen molar-refractivity contribution in [1.29, 1.82) is 0 Å². The third kappa shape index (κ3) is 1.35. The zero-order valence-electron chi connectivity index (χ0n) is 6.55. The van der Waals surface area contributed by atoms with Crippen LogP contribution in [-0.4, -0.2) is 19.9 Å². The van der Waals surface area contributed by atoms with E-state index >= 15 is 0 Å². The molecule has 1 aromatic heterocycles. The lowest BCUT2D eigenvalue weighted by Crippen LogP contribution is -1.93. The van der Waals surface area contributed by atoms with Crippen molar-refractivity contribution in [2.45, 2.75) is 0 Å². The van der Waals surface area contributed by atoms with Gasteiger partial charge in [0, 0.05) is 6.07 Å².